The molecule has 2 atom stereocenters. The summed E-state index contributed by atoms with van der Waals surface area (Å²) in [6.45, 7) is 2.16. The van der Waals surface area contributed by atoms with E-state index in [0.717, 1.165) is 39.7 Å². The molecule has 0 radical (unpaired) electrons. The van der Waals surface area contributed by atoms with Crippen molar-refractivity contribution in [2.24, 2.45) is 4.99 Å². The van der Waals surface area contributed by atoms with Crippen LogP contribution in [0.5, 0.6) is 5.75 Å². The minimum Gasteiger partial charge on any atom is -0.508 e. The first-order valence-corrected chi connectivity index (χ1v) is 10.4. The molecule has 0 amide bonds. The molecule has 4 rings (SSSR count). The maximum Gasteiger partial charge on any atom is 0.126 e. The van der Waals surface area contributed by atoms with Gasteiger partial charge in [0.1, 0.15) is 11.9 Å². The van der Waals surface area contributed by atoms with E-state index < -0.39 is 0 Å². The van der Waals surface area contributed by atoms with Crippen molar-refractivity contribution in [3.05, 3.63) is 99.5 Å². The number of aryl methyl sites for hydroxylation is 1. The first kappa shape index (κ1) is 18.9. The molecule has 2 N–H and O–H groups in total. The predicted molar refractivity (Wildman–Crippen MR) is 118 cm³/mol. The van der Waals surface area contributed by atoms with Crippen molar-refractivity contribution in [3.63, 3.8) is 0 Å². The molecular formula is C24H23BrN2O. The molecule has 0 aromatic heterocycles. The molecule has 1 aliphatic heterocycles. The third-order valence-electron chi connectivity index (χ3n) is 5.23. The number of rotatable bonds is 4. The van der Waals surface area contributed by atoms with E-state index in [4.69, 9.17) is 4.99 Å². The summed E-state index contributed by atoms with van der Waals surface area (Å²) in [4.78, 5) is 5.02. The van der Waals surface area contributed by atoms with Crippen LogP contribution >= 0.6 is 15.9 Å². The average molecular weight is 435 g/mol. The minimum absolute atomic E-state index is 0.00630. The molecule has 0 fully saturated rings. The molecule has 0 saturated carbocycles. The van der Waals surface area contributed by atoms with E-state index in [1.54, 1.807) is 6.07 Å². The molecule has 4 heteroatoms. The highest BCUT2D eigenvalue weighted by Gasteiger charge is 2.27. The Hall–Kier alpha value is -2.43. The first-order chi connectivity index (χ1) is 13.6. The SMILES string of the molecule is CCc1ccc(C2=N[C@H](c3ccc(Br)cc3)N[C@H](c3ccccc3O)C2)cc1. The van der Waals surface area contributed by atoms with Crippen LogP contribution in [-0.2, 0) is 6.42 Å². The third kappa shape index (κ3) is 4.03. The Kier molecular flexibility index (Phi) is 5.60. The highest BCUT2D eigenvalue weighted by Crippen LogP contribution is 2.34. The van der Waals surface area contributed by atoms with Crippen molar-refractivity contribution in [1.29, 1.82) is 0 Å². The van der Waals surface area contributed by atoms with Gasteiger partial charge in [-0.05, 0) is 41.3 Å². The van der Waals surface area contributed by atoms with Gasteiger partial charge in [-0.15, -0.1) is 0 Å². The van der Waals surface area contributed by atoms with E-state index in [2.05, 4.69) is 64.6 Å². The third-order valence-corrected chi connectivity index (χ3v) is 5.76. The molecule has 0 spiro atoms. The van der Waals surface area contributed by atoms with Gasteiger partial charge in [0.25, 0.3) is 0 Å². The topological polar surface area (TPSA) is 44.6 Å². The fourth-order valence-corrected chi connectivity index (χ4v) is 3.88. The molecule has 0 saturated heterocycles. The summed E-state index contributed by atoms with van der Waals surface area (Å²) in [5.74, 6) is 0.317. The second-order valence-electron chi connectivity index (χ2n) is 7.06. The molecule has 1 aliphatic rings. The van der Waals surface area contributed by atoms with Crippen molar-refractivity contribution in [2.45, 2.75) is 32.0 Å². The van der Waals surface area contributed by atoms with Gasteiger partial charge in [-0.25, -0.2) is 0 Å². The van der Waals surface area contributed by atoms with E-state index in [1.807, 2.05) is 30.3 Å². The van der Waals surface area contributed by atoms with Crippen LogP contribution in [0.4, 0.5) is 0 Å². The van der Waals surface area contributed by atoms with Crippen molar-refractivity contribution >= 4 is 21.6 Å². The number of hydrogen-bond acceptors (Lipinski definition) is 3. The summed E-state index contributed by atoms with van der Waals surface area (Å²) in [7, 11) is 0. The number of phenols is 1. The lowest BCUT2D eigenvalue weighted by molar-refractivity contribution is 0.412. The minimum atomic E-state index is -0.160. The highest BCUT2D eigenvalue weighted by atomic mass is 79.9. The number of aliphatic imine (C=N–C) groups is 1. The fourth-order valence-electron chi connectivity index (χ4n) is 3.61. The number of hydrogen-bond donors (Lipinski definition) is 2. The number of phenolic OH excluding ortho intramolecular Hbond substituents is 1. The van der Waals surface area contributed by atoms with Crippen molar-refractivity contribution in [1.82, 2.24) is 5.32 Å². The quantitative estimate of drug-likeness (QED) is 0.533. The maximum absolute atomic E-state index is 10.4. The maximum atomic E-state index is 10.4. The summed E-state index contributed by atoms with van der Waals surface area (Å²) in [6.07, 6.45) is 1.60. The van der Waals surface area contributed by atoms with Crippen LogP contribution in [0.25, 0.3) is 0 Å². The summed E-state index contributed by atoms with van der Waals surface area (Å²) in [6, 6.07) is 24.4. The molecule has 3 aromatic carbocycles. The van der Waals surface area contributed by atoms with E-state index >= 15 is 0 Å². The zero-order valence-electron chi connectivity index (χ0n) is 15.8. The Balaban J connectivity index is 1.73. The Labute approximate surface area is 174 Å². The normalized spacial score (nSPS) is 19.3. The highest BCUT2D eigenvalue weighted by molar-refractivity contribution is 9.10. The Morgan fingerprint density at radius 1 is 1.00 bits per heavy atom. The molecule has 3 nitrogen and oxygen atoms in total. The van der Waals surface area contributed by atoms with Gasteiger partial charge in [-0.3, -0.25) is 10.3 Å². The van der Waals surface area contributed by atoms with Gasteiger partial charge in [-0.2, -0.15) is 0 Å². The molecule has 1 heterocycles. The Morgan fingerprint density at radius 2 is 1.71 bits per heavy atom. The van der Waals surface area contributed by atoms with Crippen molar-refractivity contribution < 1.29 is 5.11 Å². The van der Waals surface area contributed by atoms with Crippen molar-refractivity contribution in [3.8, 4) is 5.75 Å². The number of halogens is 1. The lowest BCUT2D eigenvalue weighted by Gasteiger charge is -2.31. The number of aromatic hydroxyl groups is 1. The number of nitrogens with one attached hydrogen (secondary N) is 1. The van der Waals surface area contributed by atoms with Gasteiger partial charge in [0.2, 0.25) is 0 Å². The summed E-state index contributed by atoms with van der Waals surface area (Å²) < 4.78 is 1.05. The molecule has 28 heavy (non-hydrogen) atoms. The van der Waals surface area contributed by atoms with Gasteiger partial charge in [0.15, 0.2) is 0 Å². The van der Waals surface area contributed by atoms with Gasteiger partial charge >= 0.3 is 0 Å². The number of benzene rings is 3. The first-order valence-electron chi connectivity index (χ1n) is 9.59. The lowest BCUT2D eigenvalue weighted by Crippen LogP contribution is -2.33. The molecular weight excluding hydrogens is 412 g/mol. The van der Waals surface area contributed by atoms with E-state index in [1.165, 1.54) is 5.56 Å². The van der Waals surface area contributed by atoms with Crippen LogP contribution in [0.2, 0.25) is 0 Å². The van der Waals surface area contributed by atoms with Crippen LogP contribution in [-0.4, -0.2) is 10.8 Å². The standard InChI is InChI=1S/C24H23BrN2O/c1-2-16-7-9-17(10-8-16)21-15-22(20-5-3-4-6-23(20)28)27-24(26-21)18-11-13-19(25)14-12-18/h3-14,22,24,27-28H,2,15H2,1H3/t22-,24-/m0/s1. The predicted octanol–water partition coefficient (Wildman–Crippen LogP) is 5.94. The van der Waals surface area contributed by atoms with Gasteiger partial charge in [0.05, 0.1) is 0 Å². The molecule has 0 bridgehead atoms. The zero-order valence-corrected chi connectivity index (χ0v) is 17.4. The Morgan fingerprint density at radius 3 is 2.39 bits per heavy atom. The van der Waals surface area contributed by atoms with Crippen molar-refractivity contribution in [2.75, 3.05) is 0 Å². The second kappa shape index (κ2) is 8.29. The Bertz CT molecular complexity index is 980. The second-order valence-corrected chi connectivity index (χ2v) is 7.98. The fraction of sp³-hybridized carbons (Fsp3) is 0.208. The summed E-state index contributed by atoms with van der Waals surface area (Å²) in [5.41, 5.74) is 5.52. The summed E-state index contributed by atoms with van der Waals surface area (Å²) >= 11 is 3.50. The van der Waals surface area contributed by atoms with E-state index in [0.29, 0.717) is 5.75 Å². The number of nitrogens with zero attached hydrogens (tertiary/aromatic N) is 1. The van der Waals surface area contributed by atoms with Crippen LogP contribution < -0.4 is 5.32 Å². The van der Waals surface area contributed by atoms with E-state index in [-0.39, 0.29) is 12.2 Å². The van der Waals surface area contributed by atoms with Crippen LogP contribution in [0.3, 0.4) is 0 Å². The molecule has 0 unspecified atom stereocenters. The van der Waals surface area contributed by atoms with Gasteiger partial charge in [-0.1, -0.05) is 77.5 Å². The average Bonchev–Trinajstić information content (AvgIpc) is 2.74. The molecule has 3 aromatic rings. The smallest absolute Gasteiger partial charge is 0.126 e. The van der Waals surface area contributed by atoms with Gasteiger partial charge < -0.3 is 5.11 Å². The summed E-state index contributed by atoms with van der Waals surface area (Å²) in [5, 5.41) is 14.0. The molecule has 0 aliphatic carbocycles. The number of para-hydroxylation sites is 1. The van der Waals surface area contributed by atoms with Crippen LogP contribution in [0.1, 0.15) is 47.8 Å². The molecule has 142 valence electrons. The largest absolute Gasteiger partial charge is 0.508 e. The lowest BCUT2D eigenvalue weighted by atomic mass is 9.93. The van der Waals surface area contributed by atoms with Crippen LogP contribution in [0.15, 0.2) is 82.3 Å². The monoisotopic (exact) mass is 434 g/mol. The van der Waals surface area contributed by atoms with Crippen LogP contribution in [0, 0.1) is 0 Å². The van der Waals surface area contributed by atoms with E-state index in [9.17, 15) is 5.11 Å². The van der Waals surface area contributed by atoms with Gasteiger partial charge in [0, 0.05) is 28.2 Å². The zero-order chi connectivity index (χ0) is 19.5.